The normalized spacial score (nSPS) is 35.0. The zero-order valence-corrected chi connectivity index (χ0v) is 15.4. The highest BCUT2D eigenvalue weighted by molar-refractivity contribution is 7.13. The molecule has 4 saturated carbocycles. The molecule has 0 saturated heterocycles. The smallest absolute Gasteiger partial charge is 0.350 e. The van der Waals surface area contributed by atoms with Crippen LogP contribution in [-0.2, 0) is 9.53 Å². The largest absolute Gasteiger partial charge is 0.450 e. The highest BCUT2D eigenvalue weighted by atomic mass is 32.1. The Morgan fingerprint density at radius 3 is 2.12 bits per heavy atom. The summed E-state index contributed by atoms with van der Waals surface area (Å²) in [6.45, 7) is 5.44. The number of hydrogen-bond acceptors (Lipinski definition) is 5. The minimum atomic E-state index is -0.657. The molecule has 5 heteroatoms. The summed E-state index contributed by atoms with van der Waals surface area (Å²) in [7, 11) is 0. The number of nitrogens with zero attached hydrogens (tertiary/aromatic N) is 1. The van der Waals surface area contributed by atoms with Gasteiger partial charge in [0.05, 0.1) is 10.7 Å². The Morgan fingerprint density at radius 2 is 1.67 bits per heavy atom. The first-order chi connectivity index (χ1) is 11.4. The number of carbonyl (C=O) groups is 2. The zero-order chi connectivity index (χ0) is 17.1. The number of esters is 1. The maximum Gasteiger partial charge on any atom is 0.350 e. The summed E-state index contributed by atoms with van der Waals surface area (Å²) in [5, 5.41) is 0.847. The number of hydrogen-bond donors (Lipinski definition) is 0. The summed E-state index contributed by atoms with van der Waals surface area (Å²) in [5.74, 6) is 1.91. The Labute approximate surface area is 147 Å². The average Bonchev–Trinajstić information content (AvgIpc) is 2.83. The quantitative estimate of drug-likeness (QED) is 0.770. The van der Waals surface area contributed by atoms with Crippen molar-refractivity contribution in [3.63, 3.8) is 0 Å². The van der Waals surface area contributed by atoms with Crippen molar-refractivity contribution in [1.82, 2.24) is 4.98 Å². The summed E-state index contributed by atoms with van der Waals surface area (Å²) in [5.41, 5.74) is 0.476. The average molecular weight is 347 g/mol. The fraction of sp³-hybridized carbons (Fsp3) is 0.737. The fourth-order valence-corrected chi connectivity index (χ4v) is 6.63. The van der Waals surface area contributed by atoms with Gasteiger partial charge in [0.1, 0.15) is 4.88 Å². The molecule has 24 heavy (non-hydrogen) atoms. The van der Waals surface area contributed by atoms with E-state index in [2.05, 4.69) is 4.98 Å². The number of rotatable bonds is 4. The monoisotopic (exact) mass is 347 g/mol. The molecule has 5 rings (SSSR count). The molecule has 1 aromatic heterocycles. The Balaban J connectivity index is 1.48. The van der Waals surface area contributed by atoms with Gasteiger partial charge in [-0.1, -0.05) is 0 Å². The van der Waals surface area contributed by atoms with E-state index in [1.807, 2.05) is 13.8 Å². The molecule has 0 spiro atoms. The predicted molar refractivity (Wildman–Crippen MR) is 92.1 cm³/mol. The molecule has 4 fully saturated rings. The molecule has 130 valence electrons. The van der Waals surface area contributed by atoms with Gasteiger partial charge in [0, 0.05) is 5.41 Å². The lowest BCUT2D eigenvalue weighted by atomic mass is 9.48. The third-order valence-corrected chi connectivity index (χ3v) is 7.36. The van der Waals surface area contributed by atoms with Crippen LogP contribution in [0.15, 0.2) is 0 Å². The van der Waals surface area contributed by atoms with Crippen molar-refractivity contribution >= 4 is 23.1 Å². The molecule has 4 bridgehead atoms. The van der Waals surface area contributed by atoms with Gasteiger partial charge in [0.25, 0.3) is 0 Å². The zero-order valence-electron chi connectivity index (χ0n) is 14.6. The lowest BCUT2D eigenvalue weighted by molar-refractivity contribution is -0.152. The van der Waals surface area contributed by atoms with E-state index in [-0.39, 0.29) is 11.2 Å². The van der Waals surface area contributed by atoms with Gasteiger partial charge in [0.15, 0.2) is 11.9 Å². The predicted octanol–water partition coefficient (Wildman–Crippen LogP) is 4.09. The first kappa shape index (κ1) is 16.2. The van der Waals surface area contributed by atoms with Crippen molar-refractivity contribution in [1.29, 1.82) is 0 Å². The molecule has 4 aliphatic carbocycles. The SMILES string of the molecule is Cc1nc(C)c(C(=O)O[C@@H](C)C(=O)C23CC4CC(CC(C4)C2)C3)s1. The number of aryl methyl sites for hydroxylation is 2. The molecule has 1 aromatic rings. The van der Waals surface area contributed by atoms with Gasteiger partial charge in [-0.15, -0.1) is 11.3 Å². The van der Waals surface area contributed by atoms with E-state index in [1.165, 1.54) is 30.6 Å². The van der Waals surface area contributed by atoms with Crippen LogP contribution in [0, 0.1) is 37.0 Å². The van der Waals surface area contributed by atoms with Crippen LogP contribution in [0.1, 0.15) is 65.8 Å². The van der Waals surface area contributed by atoms with Crippen LogP contribution in [0.25, 0.3) is 0 Å². The number of thiazole rings is 1. The Bertz CT molecular complexity index is 657. The topological polar surface area (TPSA) is 56.3 Å². The maximum atomic E-state index is 13.2. The number of carbonyl (C=O) groups excluding carboxylic acids is 2. The second-order valence-electron chi connectivity index (χ2n) is 8.26. The third kappa shape index (κ3) is 2.61. The van der Waals surface area contributed by atoms with E-state index in [1.54, 1.807) is 6.92 Å². The van der Waals surface area contributed by atoms with Gasteiger partial charge >= 0.3 is 5.97 Å². The van der Waals surface area contributed by atoms with Crippen LogP contribution in [-0.4, -0.2) is 22.8 Å². The molecule has 1 heterocycles. The van der Waals surface area contributed by atoms with Crippen LogP contribution in [0.4, 0.5) is 0 Å². The van der Waals surface area contributed by atoms with Crippen molar-refractivity contribution in [2.24, 2.45) is 23.2 Å². The minimum absolute atomic E-state index is 0.161. The Kier molecular flexibility index (Phi) is 3.83. The molecule has 4 aliphatic rings. The fourth-order valence-electron chi connectivity index (χ4n) is 5.83. The molecule has 0 N–H and O–H groups in total. The number of ether oxygens (including phenoxy) is 1. The van der Waals surface area contributed by atoms with Crippen molar-refractivity contribution in [2.75, 3.05) is 0 Å². The number of ketones is 1. The summed E-state index contributed by atoms with van der Waals surface area (Å²) >= 11 is 1.34. The summed E-state index contributed by atoms with van der Waals surface area (Å²) in [6, 6.07) is 0. The van der Waals surface area contributed by atoms with E-state index < -0.39 is 12.1 Å². The van der Waals surface area contributed by atoms with E-state index in [0.717, 1.165) is 42.0 Å². The molecular formula is C19H25NO3S. The molecular weight excluding hydrogens is 322 g/mol. The second kappa shape index (κ2) is 5.65. The van der Waals surface area contributed by atoms with Gasteiger partial charge in [-0.2, -0.15) is 0 Å². The summed E-state index contributed by atoms with van der Waals surface area (Å²) in [4.78, 5) is 30.4. The molecule has 0 aliphatic heterocycles. The second-order valence-corrected chi connectivity index (χ2v) is 9.46. The van der Waals surface area contributed by atoms with E-state index in [0.29, 0.717) is 10.6 Å². The van der Waals surface area contributed by atoms with E-state index in [9.17, 15) is 9.59 Å². The van der Waals surface area contributed by atoms with Crippen LogP contribution in [0.5, 0.6) is 0 Å². The Morgan fingerprint density at radius 1 is 1.12 bits per heavy atom. The van der Waals surface area contributed by atoms with Crippen molar-refractivity contribution in [3.05, 3.63) is 15.6 Å². The number of aromatic nitrogens is 1. The molecule has 1 atom stereocenters. The first-order valence-corrected chi connectivity index (χ1v) is 9.87. The van der Waals surface area contributed by atoms with E-state index >= 15 is 0 Å². The molecule has 4 nitrogen and oxygen atoms in total. The first-order valence-electron chi connectivity index (χ1n) is 9.05. The lowest BCUT2D eigenvalue weighted by Crippen LogP contribution is -2.52. The van der Waals surface area contributed by atoms with Crippen molar-refractivity contribution in [2.45, 2.75) is 65.4 Å². The highest BCUT2D eigenvalue weighted by Crippen LogP contribution is 2.60. The minimum Gasteiger partial charge on any atom is -0.450 e. The van der Waals surface area contributed by atoms with Crippen LogP contribution in [0.2, 0.25) is 0 Å². The molecule has 0 aromatic carbocycles. The van der Waals surface area contributed by atoms with Crippen LogP contribution >= 0.6 is 11.3 Å². The van der Waals surface area contributed by atoms with Crippen molar-refractivity contribution in [3.8, 4) is 0 Å². The summed E-state index contributed by atoms with van der Waals surface area (Å²) in [6.07, 6.45) is 6.30. The van der Waals surface area contributed by atoms with Gasteiger partial charge < -0.3 is 4.74 Å². The van der Waals surface area contributed by atoms with Gasteiger partial charge in [-0.3, -0.25) is 4.79 Å². The Hall–Kier alpha value is -1.23. The third-order valence-electron chi connectivity index (χ3n) is 6.30. The van der Waals surface area contributed by atoms with Gasteiger partial charge in [-0.25, -0.2) is 9.78 Å². The molecule has 0 unspecified atom stereocenters. The van der Waals surface area contributed by atoms with Crippen LogP contribution < -0.4 is 0 Å². The van der Waals surface area contributed by atoms with Gasteiger partial charge in [0.2, 0.25) is 0 Å². The summed E-state index contributed by atoms with van der Waals surface area (Å²) < 4.78 is 5.56. The van der Waals surface area contributed by atoms with E-state index in [4.69, 9.17) is 4.74 Å². The highest BCUT2D eigenvalue weighted by Gasteiger charge is 2.55. The molecule has 0 amide bonds. The van der Waals surface area contributed by atoms with Crippen molar-refractivity contribution < 1.29 is 14.3 Å². The van der Waals surface area contributed by atoms with Gasteiger partial charge in [-0.05, 0) is 77.0 Å². The maximum absolute atomic E-state index is 13.2. The standard InChI is InChI=1S/C19H25NO3S/c1-10-16(24-12(3)20-10)18(22)23-11(2)17(21)19-7-13-4-14(8-19)6-15(5-13)9-19/h11,13-15H,4-9H2,1-3H3/t11-,13?,14?,15?,19?/m0/s1. The lowest BCUT2D eigenvalue weighted by Gasteiger charge is -2.56. The molecule has 0 radical (unpaired) electrons. The van der Waals surface area contributed by atoms with Crippen LogP contribution in [0.3, 0.4) is 0 Å². The number of Topliss-reactive ketones (excluding diaryl/α,β-unsaturated/α-hetero) is 1.